The van der Waals surface area contributed by atoms with Crippen LogP contribution in [-0.4, -0.2) is 45.4 Å². The maximum absolute atomic E-state index is 12.9. The monoisotopic (exact) mass is 465 g/mol. The van der Waals surface area contributed by atoms with Gasteiger partial charge < -0.3 is 20.3 Å². The van der Waals surface area contributed by atoms with E-state index >= 15 is 0 Å². The molecule has 0 spiro atoms. The van der Waals surface area contributed by atoms with Crippen LogP contribution in [0, 0.1) is 0 Å². The Balaban J connectivity index is 1.64. The SMILES string of the molecule is CC(=O)N(CC(=O)O)[C@H]1c2ccccc2C[C@H]1NC(=O)c1cc2sc(Cl)c(Cl)c2[nH]1. The Labute approximate surface area is 185 Å². The highest BCUT2D eigenvalue weighted by molar-refractivity contribution is 7.23. The molecule has 1 aliphatic rings. The van der Waals surface area contributed by atoms with Crippen LogP contribution in [0.1, 0.15) is 34.6 Å². The number of hydrogen-bond donors (Lipinski definition) is 3. The Morgan fingerprint density at radius 2 is 2.03 bits per heavy atom. The number of aromatic amines is 1. The molecule has 4 rings (SSSR count). The third kappa shape index (κ3) is 3.66. The van der Waals surface area contributed by atoms with Gasteiger partial charge in [-0.15, -0.1) is 11.3 Å². The second-order valence-corrected chi connectivity index (χ2v) is 9.11. The molecule has 0 bridgehead atoms. The van der Waals surface area contributed by atoms with Crippen LogP contribution in [-0.2, 0) is 16.0 Å². The van der Waals surface area contributed by atoms with E-state index in [1.54, 1.807) is 6.07 Å². The fourth-order valence-corrected chi connectivity index (χ4v) is 5.41. The minimum atomic E-state index is -1.12. The van der Waals surface area contributed by atoms with Crippen molar-refractivity contribution in [1.82, 2.24) is 15.2 Å². The first-order chi connectivity index (χ1) is 14.3. The van der Waals surface area contributed by atoms with Gasteiger partial charge in [-0.1, -0.05) is 47.5 Å². The van der Waals surface area contributed by atoms with E-state index in [0.717, 1.165) is 15.8 Å². The van der Waals surface area contributed by atoms with E-state index in [0.29, 0.717) is 27.0 Å². The predicted molar refractivity (Wildman–Crippen MR) is 115 cm³/mol. The molecular weight excluding hydrogens is 449 g/mol. The van der Waals surface area contributed by atoms with Crippen molar-refractivity contribution in [3.63, 3.8) is 0 Å². The lowest BCUT2D eigenvalue weighted by molar-refractivity contribution is -0.145. The summed E-state index contributed by atoms with van der Waals surface area (Å²) >= 11 is 13.4. The topological polar surface area (TPSA) is 102 Å². The van der Waals surface area contributed by atoms with Gasteiger partial charge in [0.15, 0.2) is 0 Å². The molecule has 0 unspecified atom stereocenters. The van der Waals surface area contributed by atoms with Gasteiger partial charge in [-0.05, 0) is 23.6 Å². The quantitative estimate of drug-likeness (QED) is 0.531. The van der Waals surface area contributed by atoms with Gasteiger partial charge in [0.2, 0.25) is 5.91 Å². The maximum atomic E-state index is 12.9. The summed E-state index contributed by atoms with van der Waals surface area (Å²) in [7, 11) is 0. The summed E-state index contributed by atoms with van der Waals surface area (Å²) in [6.07, 6.45) is 0.484. The lowest BCUT2D eigenvalue weighted by atomic mass is 10.0. The Kier molecular flexibility index (Phi) is 5.48. The van der Waals surface area contributed by atoms with E-state index in [9.17, 15) is 19.5 Å². The Morgan fingerprint density at radius 1 is 1.30 bits per heavy atom. The van der Waals surface area contributed by atoms with Crippen LogP contribution in [0.25, 0.3) is 10.2 Å². The van der Waals surface area contributed by atoms with Crippen molar-refractivity contribution in [3.8, 4) is 0 Å². The number of aromatic nitrogens is 1. The molecule has 2 heterocycles. The van der Waals surface area contributed by atoms with E-state index < -0.39 is 24.6 Å². The van der Waals surface area contributed by atoms with E-state index in [1.807, 2.05) is 24.3 Å². The lowest BCUT2D eigenvalue weighted by Crippen LogP contribution is -2.47. The molecule has 0 saturated heterocycles. The van der Waals surface area contributed by atoms with Crippen molar-refractivity contribution >= 4 is 62.5 Å². The first-order valence-corrected chi connectivity index (χ1v) is 10.7. The second-order valence-electron chi connectivity index (χ2n) is 7.08. The number of thiophene rings is 1. The summed E-state index contributed by atoms with van der Waals surface area (Å²) in [6.45, 7) is 0.876. The van der Waals surface area contributed by atoms with Crippen LogP contribution < -0.4 is 5.32 Å². The number of amides is 2. The van der Waals surface area contributed by atoms with E-state index in [-0.39, 0.29) is 11.8 Å². The number of hydrogen-bond acceptors (Lipinski definition) is 4. The fourth-order valence-electron chi connectivity index (χ4n) is 3.93. The lowest BCUT2D eigenvalue weighted by Gasteiger charge is -2.32. The molecule has 3 aromatic rings. The standard InChI is InChI=1S/C20H17Cl2N3O4S/c1-9(26)25(8-15(27)28)18-11-5-3-2-4-10(11)6-12(18)24-20(29)13-7-14-17(23-13)16(21)19(22)30-14/h2-5,7,12,18,23H,6,8H2,1H3,(H,24,29)(H,27,28)/t12-,18+/m1/s1. The molecule has 7 nitrogen and oxygen atoms in total. The summed E-state index contributed by atoms with van der Waals surface area (Å²) in [6, 6.07) is 8.10. The summed E-state index contributed by atoms with van der Waals surface area (Å²) < 4.78 is 1.21. The molecule has 10 heteroatoms. The normalized spacial score (nSPS) is 17.7. The van der Waals surface area contributed by atoms with Crippen molar-refractivity contribution in [2.24, 2.45) is 0 Å². The second kappa shape index (κ2) is 7.94. The van der Waals surface area contributed by atoms with Gasteiger partial charge in [0.05, 0.1) is 27.3 Å². The number of fused-ring (bicyclic) bond motifs is 2. The highest BCUT2D eigenvalue weighted by atomic mass is 35.5. The molecule has 30 heavy (non-hydrogen) atoms. The van der Waals surface area contributed by atoms with Crippen LogP contribution in [0.15, 0.2) is 30.3 Å². The van der Waals surface area contributed by atoms with Crippen LogP contribution in [0.4, 0.5) is 0 Å². The van der Waals surface area contributed by atoms with Gasteiger partial charge in [-0.2, -0.15) is 0 Å². The number of H-pyrrole nitrogens is 1. The number of aliphatic carboxylic acids is 1. The molecule has 156 valence electrons. The van der Waals surface area contributed by atoms with E-state index in [1.165, 1.54) is 23.2 Å². The zero-order valence-corrected chi connectivity index (χ0v) is 18.1. The summed E-state index contributed by atoms with van der Waals surface area (Å²) in [5.41, 5.74) is 2.71. The van der Waals surface area contributed by atoms with Crippen LogP contribution >= 0.6 is 34.5 Å². The minimum Gasteiger partial charge on any atom is -0.480 e. The van der Waals surface area contributed by atoms with Crippen molar-refractivity contribution in [2.75, 3.05) is 6.54 Å². The summed E-state index contributed by atoms with van der Waals surface area (Å²) in [5.74, 6) is -1.86. The average Bonchev–Trinajstić information content (AvgIpc) is 3.33. The number of rotatable bonds is 5. The van der Waals surface area contributed by atoms with Gasteiger partial charge in [-0.25, -0.2) is 0 Å². The first kappa shape index (κ1) is 20.7. The van der Waals surface area contributed by atoms with Crippen molar-refractivity contribution in [1.29, 1.82) is 0 Å². The molecule has 0 saturated carbocycles. The van der Waals surface area contributed by atoms with Gasteiger partial charge in [0.1, 0.15) is 16.6 Å². The third-order valence-corrected chi connectivity index (χ3v) is 7.11. The number of carbonyl (C=O) groups is 3. The molecule has 1 aromatic carbocycles. The van der Waals surface area contributed by atoms with Crippen molar-refractivity contribution in [2.45, 2.75) is 25.4 Å². The smallest absolute Gasteiger partial charge is 0.323 e. The third-order valence-electron chi connectivity index (χ3n) is 5.17. The van der Waals surface area contributed by atoms with Gasteiger partial charge in [0, 0.05) is 6.92 Å². The first-order valence-electron chi connectivity index (χ1n) is 9.10. The van der Waals surface area contributed by atoms with Gasteiger partial charge in [0.25, 0.3) is 5.91 Å². The molecule has 2 aromatic heterocycles. The average molecular weight is 466 g/mol. The number of nitrogens with one attached hydrogen (secondary N) is 2. The van der Waals surface area contributed by atoms with Gasteiger partial charge >= 0.3 is 5.97 Å². The minimum absolute atomic E-state index is 0.317. The molecular formula is C20H17Cl2N3O4S. The molecule has 2 atom stereocenters. The zero-order chi connectivity index (χ0) is 21.6. The largest absolute Gasteiger partial charge is 0.480 e. The Hall–Kier alpha value is -2.55. The number of benzene rings is 1. The van der Waals surface area contributed by atoms with Crippen molar-refractivity contribution < 1.29 is 19.5 Å². The van der Waals surface area contributed by atoms with Crippen LogP contribution in [0.5, 0.6) is 0 Å². The summed E-state index contributed by atoms with van der Waals surface area (Å²) in [5, 5.41) is 12.6. The number of nitrogens with zero attached hydrogens (tertiary/aromatic N) is 1. The van der Waals surface area contributed by atoms with Crippen LogP contribution in [0.3, 0.4) is 0 Å². The zero-order valence-electron chi connectivity index (χ0n) is 15.7. The molecule has 0 radical (unpaired) electrons. The number of carboxylic acid groups (broad SMARTS) is 1. The Morgan fingerprint density at radius 3 is 2.70 bits per heavy atom. The summed E-state index contributed by atoms with van der Waals surface area (Å²) in [4.78, 5) is 40.8. The highest BCUT2D eigenvalue weighted by Crippen LogP contribution is 2.39. The molecule has 0 fully saturated rings. The molecule has 2 amide bonds. The number of carboxylic acids is 1. The van der Waals surface area contributed by atoms with Gasteiger partial charge in [-0.3, -0.25) is 14.4 Å². The molecule has 0 aliphatic heterocycles. The van der Waals surface area contributed by atoms with Crippen molar-refractivity contribution in [3.05, 3.63) is 56.5 Å². The fraction of sp³-hybridized carbons (Fsp3) is 0.250. The predicted octanol–water partition coefficient (Wildman–Crippen LogP) is 3.87. The van der Waals surface area contributed by atoms with E-state index in [4.69, 9.17) is 23.2 Å². The van der Waals surface area contributed by atoms with E-state index in [2.05, 4.69) is 10.3 Å². The number of carbonyl (C=O) groups excluding carboxylic acids is 2. The highest BCUT2D eigenvalue weighted by Gasteiger charge is 2.39. The number of halogens is 2. The molecule has 1 aliphatic carbocycles. The van der Waals surface area contributed by atoms with Crippen LogP contribution in [0.2, 0.25) is 9.36 Å². The Bertz CT molecular complexity index is 1170. The molecule has 3 N–H and O–H groups in total. The maximum Gasteiger partial charge on any atom is 0.323 e.